The van der Waals surface area contributed by atoms with Crippen molar-refractivity contribution in [2.45, 2.75) is 32.4 Å². The average Bonchev–Trinajstić information content (AvgIpc) is 2.47. The first kappa shape index (κ1) is 20.2. The van der Waals surface area contributed by atoms with Crippen molar-refractivity contribution >= 4 is 19.5 Å². The van der Waals surface area contributed by atoms with Crippen LogP contribution in [0, 0.1) is 0 Å². The van der Waals surface area contributed by atoms with Crippen LogP contribution in [0.1, 0.15) is 19.3 Å². The van der Waals surface area contributed by atoms with E-state index in [2.05, 4.69) is 13.1 Å². The molecule has 0 aromatic rings. The molecule has 0 rings (SSSR count). The summed E-state index contributed by atoms with van der Waals surface area (Å²) >= 11 is 0. The second-order valence-corrected chi connectivity index (χ2v) is 6.26. The van der Waals surface area contributed by atoms with Gasteiger partial charge in [0.05, 0.1) is 13.2 Å². The zero-order valence-corrected chi connectivity index (χ0v) is 16.1. The van der Waals surface area contributed by atoms with Crippen molar-refractivity contribution in [1.29, 1.82) is 0 Å². The molecule has 7 heteroatoms. The highest BCUT2D eigenvalue weighted by atomic mass is 28.2. The largest absolute Gasteiger partial charge is 0.424 e. The molecule has 0 fully saturated rings. The lowest BCUT2D eigenvalue weighted by Gasteiger charge is -2.07. The summed E-state index contributed by atoms with van der Waals surface area (Å²) in [4.78, 5) is 0. The molecule has 0 bridgehead atoms. The van der Waals surface area contributed by atoms with Crippen LogP contribution in [-0.2, 0) is 23.1 Å². The Morgan fingerprint density at radius 1 is 0.500 bits per heavy atom. The van der Waals surface area contributed by atoms with Gasteiger partial charge >= 0.3 is 0 Å². The molecule has 0 unspecified atom stereocenters. The molecular formula is C13H32O5Si2. The molecule has 0 N–H and O–H groups in total. The Bertz CT molecular complexity index is 157. The van der Waals surface area contributed by atoms with Crippen LogP contribution < -0.4 is 0 Å². The first-order chi connectivity index (χ1) is 9.91. The van der Waals surface area contributed by atoms with Gasteiger partial charge in [-0.15, -0.1) is 0 Å². The predicted molar refractivity (Wildman–Crippen MR) is 87.0 cm³/mol. The zero-order valence-electron chi connectivity index (χ0n) is 13.2. The molecule has 0 aromatic heterocycles. The van der Waals surface area contributed by atoms with Crippen LogP contribution in [0.2, 0.25) is 13.1 Å². The van der Waals surface area contributed by atoms with E-state index < -0.39 is 0 Å². The van der Waals surface area contributed by atoms with E-state index in [4.69, 9.17) is 23.1 Å². The molecule has 0 aliphatic heterocycles. The normalized spacial score (nSPS) is 12.3. The molecule has 0 saturated carbocycles. The maximum atomic E-state index is 5.50. The molecular weight excluding hydrogens is 292 g/mol. The summed E-state index contributed by atoms with van der Waals surface area (Å²) in [5.41, 5.74) is 0. The number of ether oxygens (including phenoxy) is 3. The topological polar surface area (TPSA) is 46.2 Å². The molecule has 0 saturated heterocycles. The lowest BCUT2D eigenvalue weighted by atomic mass is 10.4. The molecule has 0 atom stereocenters. The summed E-state index contributed by atoms with van der Waals surface area (Å²) in [6, 6.07) is 0. The fraction of sp³-hybridized carbons (Fsp3) is 1.00. The highest BCUT2D eigenvalue weighted by molar-refractivity contribution is 6.24. The average molecular weight is 325 g/mol. The Balaban J connectivity index is 2.89. The van der Waals surface area contributed by atoms with E-state index in [1.807, 2.05) is 0 Å². The second-order valence-electron chi connectivity index (χ2n) is 4.29. The quantitative estimate of drug-likeness (QED) is 0.288. The third kappa shape index (κ3) is 18.2. The van der Waals surface area contributed by atoms with Crippen molar-refractivity contribution in [2.24, 2.45) is 0 Å². The minimum absolute atomic E-state index is 0.242. The van der Waals surface area contributed by atoms with Crippen LogP contribution in [0.3, 0.4) is 0 Å². The Morgan fingerprint density at radius 3 is 1.40 bits per heavy atom. The van der Waals surface area contributed by atoms with Gasteiger partial charge in [0, 0.05) is 39.6 Å². The van der Waals surface area contributed by atoms with Gasteiger partial charge in [-0.2, -0.15) is 0 Å². The van der Waals surface area contributed by atoms with E-state index in [1.54, 1.807) is 0 Å². The van der Waals surface area contributed by atoms with Crippen LogP contribution >= 0.6 is 0 Å². The summed E-state index contributed by atoms with van der Waals surface area (Å²) in [6.07, 6.45) is 2.91. The van der Waals surface area contributed by atoms with Gasteiger partial charge in [0.1, 0.15) is 0 Å². The third-order valence-electron chi connectivity index (χ3n) is 2.51. The summed E-state index contributed by atoms with van der Waals surface area (Å²) in [5.74, 6) is 0. The Kier molecular flexibility index (Phi) is 19.5. The van der Waals surface area contributed by atoms with E-state index in [-0.39, 0.29) is 19.5 Å². The lowest BCUT2D eigenvalue weighted by Crippen LogP contribution is -2.09. The number of hydrogen-bond donors (Lipinski definition) is 0. The Hall–Kier alpha value is 0.234. The van der Waals surface area contributed by atoms with E-state index in [1.165, 1.54) is 0 Å². The fourth-order valence-electron chi connectivity index (χ4n) is 1.50. The van der Waals surface area contributed by atoms with Crippen molar-refractivity contribution < 1.29 is 23.1 Å². The fourth-order valence-corrected chi connectivity index (χ4v) is 2.40. The summed E-state index contributed by atoms with van der Waals surface area (Å²) in [7, 11) is -0.514. The van der Waals surface area contributed by atoms with Crippen molar-refractivity contribution in [3.63, 3.8) is 0 Å². The highest BCUT2D eigenvalue weighted by Crippen LogP contribution is 1.91. The summed E-state index contributed by atoms with van der Waals surface area (Å²) in [5, 5.41) is 0. The van der Waals surface area contributed by atoms with Gasteiger partial charge in [-0.05, 0) is 19.3 Å². The van der Waals surface area contributed by atoms with Crippen molar-refractivity contribution in [1.82, 2.24) is 0 Å². The van der Waals surface area contributed by atoms with Gasteiger partial charge in [-0.25, -0.2) is 0 Å². The van der Waals surface area contributed by atoms with Gasteiger partial charge < -0.3 is 23.1 Å². The number of rotatable bonds is 17. The Morgan fingerprint density at radius 2 is 0.900 bits per heavy atom. The summed E-state index contributed by atoms with van der Waals surface area (Å²) < 4.78 is 27.1. The molecule has 0 spiro atoms. The second kappa shape index (κ2) is 19.2. The molecule has 20 heavy (non-hydrogen) atoms. The smallest absolute Gasteiger partial charge is 0.158 e. The van der Waals surface area contributed by atoms with E-state index in [9.17, 15) is 0 Å². The Labute approximate surface area is 128 Å². The van der Waals surface area contributed by atoms with Gasteiger partial charge in [-0.3, -0.25) is 0 Å². The molecule has 0 radical (unpaired) electrons. The van der Waals surface area contributed by atoms with Crippen molar-refractivity contribution in [3.05, 3.63) is 0 Å². The van der Waals surface area contributed by atoms with E-state index >= 15 is 0 Å². The molecule has 5 nitrogen and oxygen atoms in total. The molecule has 122 valence electrons. The zero-order chi connectivity index (χ0) is 14.7. The van der Waals surface area contributed by atoms with Crippen molar-refractivity contribution in [2.75, 3.05) is 52.9 Å². The molecule has 0 aliphatic rings. The van der Waals surface area contributed by atoms with Crippen LogP contribution in [-0.4, -0.2) is 72.4 Å². The van der Waals surface area contributed by atoms with Gasteiger partial charge in [0.25, 0.3) is 0 Å². The number of hydrogen-bond acceptors (Lipinski definition) is 5. The van der Waals surface area contributed by atoms with Crippen molar-refractivity contribution in [3.8, 4) is 0 Å². The predicted octanol–water partition coefficient (Wildman–Crippen LogP) is 0.503. The van der Waals surface area contributed by atoms with E-state index in [0.717, 1.165) is 65.5 Å². The first-order valence-corrected chi connectivity index (χ1v) is 11.8. The van der Waals surface area contributed by atoms with Crippen LogP contribution in [0.15, 0.2) is 0 Å². The highest BCUT2D eigenvalue weighted by Gasteiger charge is 1.93. The molecule has 0 aliphatic carbocycles. The molecule has 0 aromatic carbocycles. The van der Waals surface area contributed by atoms with Gasteiger partial charge in [-0.1, -0.05) is 13.1 Å². The summed E-state index contributed by atoms with van der Waals surface area (Å²) in [6.45, 7) is 10.4. The maximum Gasteiger partial charge on any atom is 0.158 e. The van der Waals surface area contributed by atoms with Crippen LogP contribution in [0.5, 0.6) is 0 Å². The van der Waals surface area contributed by atoms with Crippen LogP contribution in [0.25, 0.3) is 0 Å². The SMILES string of the molecule is C[SiH2]OCCCOCCCOCCCOCCO[SiH2]C. The third-order valence-corrected chi connectivity index (χ3v) is 3.91. The monoisotopic (exact) mass is 324 g/mol. The van der Waals surface area contributed by atoms with Crippen LogP contribution in [0.4, 0.5) is 0 Å². The maximum absolute atomic E-state index is 5.50. The lowest BCUT2D eigenvalue weighted by molar-refractivity contribution is 0.0548. The van der Waals surface area contributed by atoms with Gasteiger partial charge in [0.2, 0.25) is 0 Å². The molecule has 0 heterocycles. The minimum Gasteiger partial charge on any atom is -0.424 e. The molecule has 0 amide bonds. The van der Waals surface area contributed by atoms with E-state index in [0.29, 0.717) is 6.61 Å². The van der Waals surface area contributed by atoms with Gasteiger partial charge in [0.15, 0.2) is 19.5 Å². The first-order valence-electron chi connectivity index (χ1n) is 7.80. The standard InChI is InChI=1S/C13H32O5Si2/c1-19-17-11-5-10-15-7-3-6-14-8-4-9-16-12-13-18-20-2/h3-13,19-20H2,1-2H3. The minimum atomic E-state index is -0.272.